The van der Waals surface area contributed by atoms with Gasteiger partial charge in [-0.2, -0.15) is 0 Å². The highest BCUT2D eigenvalue weighted by molar-refractivity contribution is 5.45. The second-order valence-electron chi connectivity index (χ2n) is 5.61. The summed E-state index contributed by atoms with van der Waals surface area (Å²) in [6.07, 6.45) is 1.96. The van der Waals surface area contributed by atoms with Gasteiger partial charge in [-0.25, -0.2) is 0 Å². The Kier molecular flexibility index (Phi) is 5.19. The predicted octanol–water partition coefficient (Wildman–Crippen LogP) is 3.62. The van der Waals surface area contributed by atoms with E-state index in [0.29, 0.717) is 6.04 Å². The molecule has 0 fully saturated rings. The molecule has 0 saturated carbocycles. The first-order chi connectivity index (χ1) is 9.63. The minimum atomic E-state index is 0.214. The Morgan fingerprint density at radius 3 is 2.05 bits per heavy atom. The van der Waals surface area contributed by atoms with Crippen LogP contribution in [0.4, 0.5) is 5.69 Å². The van der Waals surface area contributed by atoms with E-state index < -0.39 is 0 Å². The van der Waals surface area contributed by atoms with Crippen LogP contribution < -0.4 is 11.1 Å². The van der Waals surface area contributed by atoms with Gasteiger partial charge in [-0.05, 0) is 49.9 Å². The lowest BCUT2D eigenvalue weighted by Crippen LogP contribution is -2.19. The molecule has 0 aliphatic heterocycles. The highest BCUT2D eigenvalue weighted by Crippen LogP contribution is 2.13. The van der Waals surface area contributed by atoms with E-state index in [1.54, 1.807) is 0 Å². The normalized spacial score (nSPS) is 13.8. The van der Waals surface area contributed by atoms with Gasteiger partial charge in [0.15, 0.2) is 0 Å². The third-order valence-corrected chi connectivity index (χ3v) is 3.31. The fourth-order valence-corrected chi connectivity index (χ4v) is 2.41. The van der Waals surface area contributed by atoms with Gasteiger partial charge in [0.25, 0.3) is 0 Å². The van der Waals surface area contributed by atoms with Crippen LogP contribution in [-0.4, -0.2) is 12.1 Å². The van der Waals surface area contributed by atoms with Crippen LogP contribution in [0.25, 0.3) is 0 Å². The molecule has 0 amide bonds. The predicted molar refractivity (Wildman–Crippen MR) is 87.0 cm³/mol. The van der Waals surface area contributed by atoms with Crippen LogP contribution in [0.1, 0.15) is 25.0 Å². The van der Waals surface area contributed by atoms with E-state index in [0.717, 1.165) is 12.8 Å². The molecular formula is C18H24N2. The van der Waals surface area contributed by atoms with Crippen molar-refractivity contribution in [3.63, 3.8) is 0 Å². The van der Waals surface area contributed by atoms with Crippen molar-refractivity contribution in [2.24, 2.45) is 5.73 Å². The van der Waals surface area contributed by atoms with Gasteiger partial charge in [-0.15, -0.1) is 0 Å². The van der Waals surface area contributed by atoms with Crippen molar-refractivity contribution >= 4 is 5.69 Å². The Morgan fingerprint density at radius 1 is 0.850 bits per heavy atom. The van der Waals surface area contributed by atoms with Gasteiger partial charge in [0.05, 0.1) is 0 Å². The van der Waals surface area contributed by atoms with Crippen molar-refractivity contribution in [1.82, 2.24) is 0 Å². The van der Waals surface area contributed by atoms with E-state index in [1.807, 2.05) is 6.92 Å². The third kappa shape index (κ3) is 4.71. The van der Waals surface area contributed by atoms with Gasteiger partial charge in [0.2, 0.25) is 0 Å². The first-order valence-corrected chi connectivity index (χ1v) is 7.28. The molecule has 3 N–H and O–H groups in total. The zero-order chi connectivity index (χ0) is 14.4. The van der Waals surface area contributed by atoms with E-state index in [4.69, 9.17) is 5.73 Å². The minimum Gasteiger partial charge on any atom is -0.382 e. The number of anilines is 1. The maximum Gasteiger partial charge on any atom is 0.0342 e. The summed E-state index contributed by atoms with van der Waals surface area (Å²) < 4.78 is 0. The van der Waals surface area contributed by atoms with Crippen LogP contribution in [-0.2, 0) is 12.8 Å². The largest absolute Gasteiger partial charge is 0.382 e. The van der Waals surface area contributed by atoms with Crippen LogP contribution in [0.15, 0.2) is 54.6 Å². The van der Waals surface area contributed by atoms with Crippen molar-refractivity contribution in [2.45, 2.75) is 38.8 Å². The molecule has 2 aromatic rings. The molecule has 0 aromatic heterocycles. The highest BCUT2D eigenvalue weighted by Gasteiger charge is 2.04. The smallest absolute Gasteiger partial charge is 0.0342 e. The molecule has 0 heterocycles. The number of nitrogens with two attached hydrogens (primary N) is 1. The molecule has 0 bridgehead atoms. The van der Waals surface area contributed by atoms with Crippen molar-refractivity contribution in [1.29, 1.82) is 0 Å². The molecule has 2 atom stereocenters. The van der Waals surface area contributed by atoms with E-state index in [9.17, 15) is 0 Å². The first kappa shape index (κ1) is 14.6. The summed E-state index contributed by atoms with van der Waals surface area (Å²) in [6, 6.07) is 19.8. The lowest BCUT2D eigenvalue weighted by Gasteiger charge is -2.16. The van der Waals surface area contributed by atoms with Gasteiger partial charge >= 0.3 is 0 Å². The Hall–Kier alpha value is -1.80. The molecule has 1 unspecified atom stereocenters. The first-order valence-electron chi connectivity index (χ1n) is 7.28. The summed E-state index contributed by atoms with van der Waals surface area (Å²) in [5.74, 6) is 0. The van der Waals surface area contributed by atoms with Crippen molar-refractivity contribution in [3.05, 3.63) is 65.7 Å². The molecular weight excluding hydrogens is 244 g/mol. The fourth-order valence-electron chi connectivity index (χ4n) is 2.41. The average Bonchev–Trinajstić information content (AvgIpc) is 2.41. The van der Waals surface area contributed by atoms with Crippen LogP contribution in [0, 0.1) is 0 Å². The third-order valence-electron chi connectivity index (χ3n) is 3.31. The Morgan fingerprint density at radius 2 is 1.45 bits per heavy atom. The standard InChI is InChI=1S/C18H24N2/c1-14(19)12-17-8-10-18(11-9-17)20-15(2)13-16-6-4-3-5-7-16/h3-11,14-15,20H,12-13,19H2,1-2H3/t14-,15?/m1/s1. The molecule has 20 heavy (non-hydrogen) atoms. The van der Waals surface area contributed by atoms with Crippen molar-refractivity contribution in [2.75, 3.05) is 5.32 Å². The summed E-state index contributed by atoms with van der Waals surface area (Å²) in [6.45, 7) is 4.25. The van der Waals surface area contributed by atoms with Crippen LogP contribution >= 0.6 is 0 Å². The Labute approximate surface area is 122 Å². The average molecular weight is 268 g/mol. The second-order valence-corrected chi connectivity index (χ2v) is 5.61. The highest BCUT2D eigenvalue weighted by atomic mass is 14.9. The lowest BCUT2D eigenvalue weighted by molar-refractivity contribution is 0.738. The van der Waals surface area contributed by atoms with Crippen LogP contribution in [0.3, 0.4) is 0 Å². The van der Waals surface area contributed by atoms with E-state index in [2.05, 4.69) is 66.8 Å². The van der Waals surface area contributed by atoms with Gasteiger partial charge in [0.1, 0.15) is 0 Å². The lowest BCUT2D eigenvalue weighted by atomic mass is 10.1. The number of rotatable bonds is 6. The molecule has 2 rings (SSSR count). The van der Waals surface area contributed by atoms with Gasteiger partial charge < -0.3 is 11.1 Å². The Balaban J connectivity index is 1.89. The quantitative estimate of drug-likeness (QED) is 0.839. The maximum absolute atomic E-state index is 5.81. The molecule has 0 aliphatic rings. The number of nitrogens with one attached hydrogen (secondary N) is 1. The number of benzene rings is 2. The monoisotopic (exact) mass is 268 g/mol. The van der Waals surface area contributed by atoms with Crippen LogP contribution in [0.2, 0.25) is 0 Å². The molecule has 0 saturated heterocycles. The van der Waals surface area contributed by atoms with E-state index >= 15 is 0 Å². The van der Waals surface area contributed by atoms with Gasteiger partial charge in [0, 0.05) is 17.8 Å². The number of hydrogen-bond acceptors (Lipinski definition) is 2. The zero-order valence-corrected chi connectivity index (χ0v) is 12.3. The molecule has 2 aromatic carbocycles. The molecule has 0 spiro atoms. The van der Waals surface area contributed by atoms with Crippen molar-refractivity contribution in [3.8, 4) is 0 Å². The van der Waals surface area contributed by atoms with E-state index in [1.165, 1.54) is 16.8 Å². The molecule has 0 aliphatic carbocycles. The summed E-state index contributed by atoms with van der Waals surface area (Å²) in [5, 5.41) is 3.54. The summed E-state index contributed by atoms with van der Waals surface area (Å²) in [4.78, 5) is 0. The fraction of sp³-hybridized carbons (Fsp3) is 0.333. The van der Waals surface area contributed by atoms with Gasteiger partial charge in [-0.3, -0.25) is 0 Å². The summed E-state index contributed by atoms with van der Waals surface area (Å²) in [5.41, 5.74) is 9.64. The van der Waals surface area contributed by atoms with Gasteiger partial charge in [-0.1, -0.05) is 42.5 Å². The maximum atomic E-state index is 5.81. The SMILES string of the molecule is CC(Cc1ccccc1)Nc1ccc(C[C@@H](C)N)cc1. The Bertz CT molecular complexity index is 503. The summed E-state index contributed by atoms with van der Waals surface area (Å²) >= 11 is 0. The second kappa shape index (κ2) is 7.11. The molecule has 106 valence electrons. The number of hydrogen-bond donors (Lipinski definition) is 2. The van der Waals surface area contributed by atoms with Crippen molar-refractivity contribution < 1.29 is 0 Å². The van der Waals surface area contributed by atoms with E-state index in [-0.39, 0.29) is 6.04 Å². The summed E-state index contributed by atoms with van der Waals surface area (Å²) in [7, 11) is 0. The van der Waals surface area contributed by atoms with Crippen LogP contribution in [0.5, 0.6) is 0 Å². The minimum absolute atomic E-state index is 0.214. The molecule has 2 nitrogen and oxygen atoms in total. The molecule has 2 heteroatoms. The zero-order valence-electron chi connectivity index (χ0n) is 12.3. The molecule has 0 radical (unpaired) electrons. The topological polar surface area (TPSA) is 38.0 Å².